The molecule has 4 N–H and O–H groups in total. The minimum absolute atomic E-state index is 0.112. The molecule has 5 heteroatoms. The highest BCUT2D eigenvalue weighted by molar-refractivity contribution is 5.96. The van der Waals surface area contributed by atoms with Crippen molar-refractivity contribution in [2.45, 2.75) is 12.8 Å². The van der Waals surface area contributed by atoms with Crippen LogP contribution >= 0.6 is 0 Å². The Bertz CT molecular complexity index is 649. The maximum atomic E-state index is 11.9. The number of benzene rings is 2. The van der Waals surface area contributed by atoms with Gasteiger partial charge in [-0.15, -0.1) is 0 Å². The molecule has 0 heterocycles. The zero-order valence-corrected chi connectivity index (χ0v) is 10.6. The standard InChI is InChI=1S/C15H14O5/c16-11(10-5-7-12(17)14(19)8-10)6-4-9-2-1-3-13(18)15(9)20/h1-3,5,7-8,17-20H,4,6H2. The van der Waals surface area contributed by atoms with Gasteiger partial charge in [0.1, 0.15) is 0 Å². The number of aryl methyl sites for hydroxylation is 1. The average Bonchev–Trinajstić information content (AvgIpc) is 2.43. The second-order valence-electron chi connectivity index (χ2n) is 4.41. The molecular weight excluding hydrogens is 260 g/mol. The van der Waals surface area contributed by atoms with Crippen molar-refractivity contribution < 1.29 is 25.2 Å². The molecule has 2 aromatic carbocycles. The summed E-state index contributed by atoms with van der Waals surface area (Å²) in [6, 6.07) is 8.42. The van der Waals surface area contributed by atoms with Crippen molar-refractivity contribution >= 4 is 5.78 Å². The van der Waals surface area contributed by atoms with Gasteiger partial charge in [-0.25, -0.2) is 0 Å². The van der Waals surface area contributed by atoms with Crippen LogP contribution in [0.25, 0.3) is 0 Å². The number of phenols is 4. The van der Waals surface area contributed by atoms with Crippen molar-refractivity contribution in [2.75, 3.05) is 0 Å². The van der Waals surface area contributed by atoms with Crippen molar-refractivity contribution in [1.29, 1.82) is 0 Å². The van der Waals surface area contributed by atoms with E-state index in [9.17, 15) is 25.2 Å². The summed E-state index contributed by atoms with van der Waals surface area (Å²) in [4.78, 5) is 11.9. The lowest BCUT2D eigenvalue weighted by molar-refractivity contribution is 0.0982. The number of para-hydroxylation sites is 1. The quantitative estimate of drug-likeness (QED) is 0.506. The number of aromatic hydroxyl groups is 4. The van der Waals surface area contributed by atoms with Gasteiger partial charge >= 0.3 is 0 Å². The number of Topliss-reactive ketones (excluding diaryl/α,β-unsaturated/α-hetero) is 1. The summed E-state index contributed by atoms with van der Waals surface area (Å²) in [6.45, 7) is 0. The fourth-order valence-electron chi connectivity index (χ4n) is 1.87. The van der Waals surface area contributed by atoms with Gasteiger partial charge in [0, 0.05) is 12.0 Å². The van der Waals surface area contributed by atoms with Gasteiger partial charge in [-0.2, -0.15) is 0 Å². The van der Waals surface area contributed by atoms with Crippen LogP contribution in [-0.2, 0) is 6.42 Å². The zero-order valence-electron chi connectivity index (χ0n) is 10.6. The number of phenolic OH excluding ortho intramolecular Hbond substituents is 4. The highest BCUT2D eigenvalue weighted by atomic mass is 16.3. The first kappa shape index (κ1) is 13.7. The molecule has 0 aromatic heterocycles. The Labute approximate surface area is 115 Å². The van der Waals surface area contributed by atoms with Crippen molar-refractivity contribution in [3.63, 3.8) is 0 Å². The number of hydrogen-bond donors (Lipinski definition) is 4. The molecule has 0 aliphatic carbocycles. The Morgan fingerprint density at radius 1 is 0.900 bits per heavy atom. The average molecular weight is 274 g/mol. The molecule has 0 aliphatic heterocycles. The van der Waals surface area contributed by atoms with Gasteiger partial charge in [0.2, 0.25) is 0 Å². The Morgan fingerprint density at radius 2 is 1.65 bits per heavy atom. The molecule has 0 amide bonds. The Morgan fingerprint density at radius 3 is 2.35 bits per heavy atom. The third-order valence-corrected chi connectivity index (χ3v) is 3.02. The Hall–Kier alpha value is -2.69. The number of carbonyl (C=O) groups excluding carboxylic acids is 1. The third-order valence-electron chi connectivity index (χ3n) is 3.02. The van der Waals surface area contributed by atoms with E-state index in [-0.39, 0.29) is 47.2 Å². The van der Waals surface area contributed by atoms with E-state index in [1.807, 2.05) is 0 Å². The first-order valence-electron chi connectivity index (χ1n) is 6.04. The van der Waals surface area contributed by atoms with E-state index in [2.05, 4.69) is 0 Å². The minimum atomic E-state index is -0.351. The van der Waals surface area contributed by atoms with Crippen LogP contribution in [0, 0.1) is 0 Å². The molecule has 0 spiro atoms. The molecule has 0 fully saturated rings. The van der Waals surface area contributed by atoms with Crippen LogP contribution in [0.5, 0.6) is 23.0 Å². The summed E-state index contributed by atoms with van der Waals surface area (Å²) >= 11 is 0. The van der Waals surface area contributed by atoms with Crippen LogP contribution in [0.15, 0.2) is 36.4 Å². The van der Waals surface area contributed by atoms with E-state index < -0.39 is 0 Å². The maximum Gasteiger partial charge on any atom is 0.163 e. The molecule has 0 atom stereocenters. The monoisotopic (exact) mass is 274 g/mol. The minimum Gasteiger partial charge on any atom is -0.504 e. The molecule has 2 aromatic rings. The zero-order chi connectivity index (χ0) is 14.7. The summed E-state index contributed by atoms with van der Waals surface area (Å²) < 4.78 is 0. The molecule has 0 unspecified atom stereocenters. The van der Waals surface area contributed by atoms with E-state index >= 15 is 0 Å². The number of rotatable bonds is 4. The molecule has 2 rings (SSSR count). The highest BCUT2D eigenvalue weighted by Crippen LogP contribution is 2.30. The fraction of sp³-hybridized carbons (Fsp3) is 0.133. The predicted molar refractivity (Wildman–Crippen MR) is 72.2 cm³/mol. The molecule has 0 aliphatic rings. The summed E-state index contributed by atoms with van der Waals surface area (Å²) in [5.74, 6) is -1.32. The van der Waals surface area contributed by atoms with Crippen LogP contribution in [0.2, 0.25) is 0 Å². The molecule has 104 valence electrons. The number of ketones is 1. The van der Waals surface area contributed by atoms with Gasteiger partial charge in [-0.3, -0.25) is 4.79 Å². The SMILES string of the molecule is O=C(CCc1cccc(O)c1O)c1ccc(O)c(O)c1. The van der Waals surface area contributed by atoms with Gasteiger partial charge in [-0.1, -0.05) is 12.1 Å². The van der Waals surface area contributed by atoms with Crippen molar-refractivity contribution in [2.24, 2.45) is 0 Å². The van der Waals surface area contributed by atoms with E-state index in [1.54, 1.807) is 12.1 Å². The lowest BCUT2D eigenvalue weighted by Crippen LogP contribution is -2.01. The summed E-state index contributed by atoms with van der Waals surface area (Å²) in [7, 11) is 0. The lowest BCUT2D eigenvalue weighted by atomic mass is 10.0. The van der Waals surface area contributed by atoms with Gasteiger partial charge in [0.15, 0.2) is 28.8 Å². The smallest absolute Gasteiger partial charge is 0.163 e. The predicted octanol–water partition coefficient (Wildman–Crippen LogP) is 2.32. The molecule has 0 saturated heterocycles. The van der Waals surface area contributed by atoms with Crippen LogP contribution in [-0.4, -0.2) is 26.2 Å². The van der Waals surface area contributed by atoms with Crippen LogP contribution < -0.4 is 0 Å². The van der Waals surface area contributed by atoms with Gasteiger partial charge in [-0.05, 0) is 36.2 Å². The van der Waals surface area contributed by atoms with Crippen LogP contribution in [0.4, 0.5) is 0 Å². The topological polar surface area (TPSA) is 98.0 Å². The van der Waals surface area contributed by atoms with Crippen LogP contribution in [0.3, 0.4) is 0 Å². The maximum absolute atomic E-state index is 11.9. The fourth-order valence-corrected chi connectivity index (χ4v) is 1.87. The summed E-state index contributed by atoms with van der Waals surface area (Å²) in [5.41, 5.74) is 0.751. The highest BCUT2D eigenvalue weighted by Gasteiger charge is 2.11. The molecule has 20 heavy (non-hydrogen) atoms. The van der Waals surface area contributed by atoms with Gasteiger partial charge < -0.3 is 20.4 Å². The normalized spacial score (nSPS) is 10.4. The number of hydrogen-bond acceptors (Lipinski definition) is 5. The van der Waals surface area contributed by atoms with Gasteiger partial charge in [0.25, 0.3) is 0 Å². The van der Waals surface area contributed by atoms with E-state index in [0.29, 0.717) is 5.56 Å². The Balaban J connectivity index is 2.08. The second kappa shape index (κ2) is 5.52. The third kappa shape index (κ3) is 2.83. The number of carbonyl (C=O) groups is 1. The second-order valence-corrected chi connectivity index (χ2v) is 4.41. The van der Waals surface area contributed by atoms with E-state index in [0.717, 1.165) is 0 Å². The van der Waals surface area contributed by atoms with Crippen molar-refractivity contribution in [1.82, 2.24) is 0 Å². The van der Waals surface area contributed by atoms with E-state index in [1.165, 1.54) is 24.3 Å². The largest absolute Gasteiger partial charge is 0.504 e. The summed E-state index contributed by atoms with van der Waals surface area (Å²) in [6.07, 6.45) is 0.377. The van der Waals surface area contributed by atoms with Crippen LogP contribution in [0.1, 0.15) is 22.3 Å². The van der Waals surface area contributed by atoms with Crippen molar-refractivity contribution in [3.8, 4) is 23.0 Å². The molecule has 5 nitrogen and oxygen atoms in total. The molecule has 0 radical (unpaired) electrons. The molecule has 0 bridgehead atoms. The first-order valence-corrected chi connectivity index (χ1v) is 6.04. The first-order chi connectivity index (χ1) is 9.49. The molecular formula is C15H14O5. The lowest BCUT2D eigenvalue weighted by Gasteiger charge is -2.06. The molecule has 0 saturated carbocycles. The Kier molecular flexibility index (Phi) is 3.79. The van der Waals surface area contributed by atoms with Crippen molar-refractivity contribution in [3.05, 3.63) is 47.5 Å². The van der Waals surface area contributed by atoms with E-state index in [4.69, 9.17) is 0 Å². The van der Waals surface area contributed by atoms with Gasteiger partial charge in [0.05, 0.1) is 0 Å². The summed E-state index contributed by atoms with van der Waals surface area (Å²) in [5, 5.41) is 37.5.